The number of hydrogen-bond acceptors (Lipinski definition) is 3. The maximum atomic E-state index is 12.9. The Morgan fingerprint density at radius 1 is 1.60 bits per heavy atom. The van der Waals surface area contributed by atoms with E-state index in [9.17, 15) is 18.0 Å². The van der Waals surface area contributed by atoms with E-state index in [4.69, 9.17) is 10.8 Å². The number of carbonyl (C=O) groups is 1. The lowest BCUT2D eigenvalue weighted by Crippen LogP contribution is -2.13. The third kappa shape index (κ3) is 2.07. The standard InChI is InChI=1S/C8H7F3N2O2/c9-6(10)5-3(1-12)4(8(14)15)2-13-7(5)11/h2,6H,1,12H2,(H,14,15). The van der Waals surface area contributed by atoms with Gasteiger partial charge in [0.25, 0.3) is 6.43 Å². The largest absolute Gasteiger partial charge is 0.478 e. The van der Waals surface area contributed by atoms with E-state index < -0.39 is 41.6 Å². The highest BCUT2D eigenvalue weighted by molar-refractivity contribution is 5.89. The second-order valence-corrected chi connectivity index (χ2v) is 2.66. The van der Waals surface area contributed by atoms with Gasteiger partial charge in [0.15, 0.2) is 0 Å². The van der Waals surface area contributed by atoms with Crippen LogP contribution in [-0.4, -0.2) is 16.1 Å². The minimum Gasteiger partial charge on any atom is -0.478 e. The van der Waals surface area contributed by atoms with Crippen LogP contribution in [0.1, 0.15) is 27.9 Å². The van der Waals surface area contributed by atoms with E-state index in [1.165, 1.54) is 0 Å². The van der Waals surface area contributed by atoms with Crippen molar-refractivity contribution >= 4 is 5.97 Å². The summed E-state index contributed by atoms with van der Waals surface area (Å²) in [6, 6.07) is 0. The van der Waals surface area contributed by atoms with Gasteiger partial charge in [-0.25, -0.2) is 18.6 Å². The van der Waals surface area contributed by atoms with E-state index >= 15 is 0 Å². The van der Waals surface area contributed by atoms with Crippen LogP contribution >= 0.6 is 0 Å². The van der Waals surface area contributed by atoms with Gasteiger partial charge in [-0.15, -0.1) is 0 Å². The smallest absolute Gasteiger partial charge is 0.337 e. The van der Waals surface area contributed by atoms with E-state index in [1.54, 1.807) is 0 Å². The quantitative estimate of drug-likeness (QED) is 0.753. The Morgan fingerprint density at radius 2 is 2.20 bits per heavy atom. The number of pyridine rings is 1. The molecule has 82 valence electrons. The highest BCUT2D eigenvalue weighted by Crippen LogP contribution is 2.26. The predicted molar refractivity (Wildman–Crippen MR) is 44.0 cm³/mol. The number of aromatic carboxylic acids is 1. The molecule has 0 aromatic carbocycles. The molecule has 0 aliphatic heterocycles. The van der Waals surface area contributed by atoms with Crippen molar-refractivity contribution in [3.05, 3.63) is 28.8 Å². The van der Waals surface area contributed by atoms with Gasteiger partial charge in [-0.2, -0.15) is 4.39 Å². The summed E-state index contributed by atoms with van der Waals surface area (Å²) in [4.78, 5) is 13.6. The van der Waals surface area contributed by atoms with Gasteiger partial charge < -0.3 is 10.8 Å². The molecule has 0 saturated heterocycles. The van der Waals surface area contributed by atoms with Crippen LogP contribution in [0.5, 0.6) is 0 Å². The first-order valence-corrected chi connectivity index (χ1v) is 3.87. The number of halogens is 3. The molecule has 1 rings (SSSR count). The Balaban J connectivity index is 3.47. The van der Waals surface area contributed by atoms with Crippen LogP contribution in [0.3, 0.4) is 0 Å². The molecule has 0 fully saturated rings. The number of rotatable bonds is 3. The number of aromatic nitrogens is 1. The third-order valence-electron chi connectivity index (χ3n) is 1.83. The first-order chi connectivity index (χ1) is 6.99. The van der Waals surface area contributed by atoms with Gasteiger partial charge in [0.05, 0.1) is 11.1 Å². The minimum absolute atomic E-state index is 0.426. The summed E-state index contributed by atoms with van der Waals surface area (Å²) in [6.07, 6.45) is -2.47. The van der Waals surface area contributed by atoms with Crippen molar-refractivity contribution in [1.29, 1.82) is 0 Å². The SMILES string of the molecule is NCc1c(C(=O)O)cnc(F)c1C(F)F. The van der Waals surface area contributed by atoms with Gasteiger partial charge in [0, 0.05) is 12.7 Å². The van der Waals surface area contributed by atoms with E-state index in [-0.39, 0.29) is 0 Å². The fourth-order valence-corrected chi connectivity index (χ4v) is 1.16. The third-order valence-corrected chi connectivity index (χ3v) is 1.83. The molecule has 1 aromatic rings. The van der Waals surface area contributed by atoms with Gasteiger partial charge in [0.1, 0.15) is 0 Å². The summed E-state index contributed by atoms with van der Waals surface area (Å²) in [5.74, 6) is -2.86. The zero-order chi connectivity index (χ0) is 11.6. The zero-order valence-electron chi connectivity index (χ0n) is 7.38. The molecule has 0 saturated carbocycles. The maximum Gasteiger partial charge on any atom is 0.337 e. The normalized spacial score (nSPS) is 10.7. The molecule has 15 heavy (non-hydrogen) atoms. The molecule has 1 aromatic heterocycles. The number of alkyl halides is 2. The Morgan fingerprint density at radius 3 is 2.60 bits per heavy atom. The van der Waals surface area contributed by atoms with Crippen molar-refractivity contribution in [1.82, 2.24) is 4.98 Å². The Labute approximate surface area is 82.5 Å². The van der Waals surface area contributed by atoms with Crippen LogP contribution in [0.15, 0.2) is 6.20 Å². The summed E-state index contributed by atoms with van der Waals surface area (Å²) in [5.41, 5.74) is 3.13. The minimum atomic E-state index is -3.14. The van der Waals surface area contributed by atoms with Gasteiger partial charge in [-0.1, -0.05) is 0 Å². The molecule has 0 atom stereocenters. The molecule has 1 heterocycles. The highest BCUT2D eigenvalue weighted by atomic mass is 19.3. The van der Waals surface area contributed by atoms with Crippen molar-refractivity contribution in [3.8, 4) is 0 Å². The first kappa shape index (κ1) is 11.4. The summed E-state index contributed by atoms with van der Waals surface area (Å²) in [5, 5.41) is 8.63. The van der Waals surface area contributed by atoms with Gasteiger partial charge >= 0.3 is 5.97 Å². The summed E-state index contributed by atoms with van der Waals surface area (Å²) >= 11 is 0. The Hall–Kier alpha value is -1.63. The fraction of sp³-hybridized carbons (Fsp3) is 0.250. The van der Waals surface area contributed by atoms with Crippen LogP contribution in [-0.2, 0) is 6.54 Å². The number of carboxylic acids is 1. The monoisotopic (exact) mass is 220 g/mol. The highest BCUT2D eigenvalue weighted by Gasteiger charge is 2.24. The van der Waals surface area contributed by atoms with Crippen molar-refractivity contribution < 1.29 is 23.1 Å². The molecule has 0 unspecified atom stereocenters. The van der Waals surface area contributed by atoms with Crippen LogP contribution in [0.4, 0.5) is 13.2 Å². The maximum absolute atomic E-state index is 12.9. The van der Waals surface area contributed by atoms with E-state index in [1.807, 2.05) is 0 Å². The number of nitrogens with zero attached hydrogens (tertiary/aromatic N) is 1. The lowest BCUT2D eigenvalue weighted by atomic mass is 10.0. The van der Waals surface area contributed by atoms with E-state index in [0.717, 1.165) is 0 Å². The van der Waals surface area contributed by atoms with Gasteiger partial charge in [-0.05, 0) is 5.56 Å². The molecule has 4 nitrogen and oxygen atoms in total. The number of hydrogen-bond donors (Lipinski definition) is 2. The molecular formula is C8H7F3N2O2. The fourth-order valence-electron chi connectivity index (χ4n) is 1.16. The molecule has 0 amide bonds. The molecule has 0 aliphatic carbocycles. The van der Waals surface area contributed by atoms with Crippen LogP contribution in [0.25, 0.3) is 0 Å². The van der Waals surface area contributed by atoms with Crippen LogP contribution in [0, 0.1) is 5.95 Å². The molecule has 0 radical (unpaired) electrons. The van der Waals surface area contributed by atoms with Gasteiger partial charge in [0.2, 0.25) is 5.95 Å². The lowest BCUT2D eigenvalue weighted by molar-refractivity contribution is 0.0694. The Kier molecular flexibility index (Phi) is 3.25. The average molecular weight is 220 g/mol. The van der Waals surface area contributed by atoms with E-state index in [2.05, 4.69) is 4.98 Å². The van der Waals surface area contributed by atoms with Crippen molar-refractivity contribution in [3.63, 3.8) is 0 Å². The molecule has 3 N–H and O–H groups in total. The first-order valence-electron chi connectivity index (χ1n) is 3.87. The topological polar surface area (TPSA) is 76.2 Å². The van der Waals surface area contributed by atoms with Gasteiger partial charge in [-0.3, -0.25) is 0 Å². The second-order valence-electron chi connectivity index (χ2n) is 2.66. The average Bonchev–Trinajstić information content (AvgIpc) is 2.15. The summed E-state index contributed by atoms with van der Waals surface area (Å²) in [7, 11) is 0. The van der Waals surface area contributed by atoms with Crippen molar-refractivity contribution in [2.75, 3.05) is 0 Å². The number of nitrogens with two attached hydrogens (primary N) is 1. The summed E-state index contributed by atoms with van der Waals surface area (Å²) < 4.78 is 37.7. The van der Waals surface area contributed by atoms with Crippen molar-refractivity contribution in [2.45, 2.75) is 13.0 Å². The predicted octanol–water partition coefficient (Wildman–Crippen LogP) is 1.32. The second kappa shape index (κ2) is 4.26. The molecule has 0 spiro atoms. The molecule has 0 aliphatic rings. The molecule has 7 heteroatoms. The van der Waals surface area contributed by atoms with Crippen molar-refractivity contribution in [2.24, 2.45) is 5.73 Å². The molecule has 0 bridgehead atoms. The lowest BCUT2D eigenvalue weighted by Gasteiger charge is -2.09. The van der Waals surface area contributed by atoms with Crippen LogP contribution < -0.4 is 5.73 Å². The zero-order valence-corrected chi connectivity index (χ0v) is 7.38. The van der Waals surface area contributed by atoms with E-state index in [0.29, 0.717) is 6.20 Å². The number of carboxylic acid groups (broad SMARTS) is 1. The molecular weight excluding hydrogens is 213 g/mol. The van der Waals surface area contributed by atoms with Crippen LogP contribution in [0.2, 0.25) is 0 Å². The Bertz CT molecular complexity index is 396. The summed E-state index contributed by atoms with van der Waals surface area (Å²) in [6.45, 7) is -0.485.